The van der Waals surface area contributed by atoms with Crippen LogP contribution in [0.2, 0.25) is 5.02 Å². The zero-order valence-electron chi connectivity index (χ0n) is 11.7. The Hall–Kier alpha value is -2.12. The normalized spacial score (nSPS) is 11.7. The van der Waals surface area contributed by atoms with Gasteiger partial charge in [0, 0.05) is 16.6 Å². The first kappa shape index (κ1) is 16.3. The van der Waals surface area contributed by atoms with Gasteiger partial charge in [0.25, 0.3) is 5.69 Å². The third kappa shape index (κ3) is 4.19. The van der Waals surface area contributed by atoms with Crippen LogP contribution in [-0.2, 0) is 4.79 Å². The van der Waals surface area contributed by atoms with E-state index in [0.29, 0.717) is 5.69 Å². The zero-order chi connectivity index (χ0) is 16.1. The number of halogens is 1. The molecule has 0 saturated heterocycles. The average Bonchev–Trinajstić information content (AvgIpc) is 3.00. The van der Waals surface area contributed by atoms with Crippen LogP contribution in [0.25, 0.3) is 0 Å². The molecule has 2 rings (SSSR count). The Labute approximate surface area is 136 Å². The highest BCUT2D eigenvalue weighted by molar-refractivity contribution is 7.10. The number of benzene rings is 1. The maximum atomic E-state index is 11.9. The summed E-state index contributed by atoms with van der Waals surface area (Å²) in [6.07, 6.45) is 0. The summed E-state index contributed by atoms with van der Waals surface area (Å²) >= 11 is 7.30. The molecule has 1 unspecified atom stereocenters. The maximum absolute atomic E-state index is 11.9. The number of rotatable bonds is 6. The highest BCUT2D eigenvalue weighted by atomic mass is 35.5. The van der Waals surface area contributed by atoms with Crippen molar-refractivity contribution in [3.8, 4) is 0 Å². The minimum absolute atomic E-state index is 0.0223. The molecule has 1 heterocycles. The molecule has 22 heavy (non-hydrogen) atoms. The molecule has 0 saturated carbocycles. The predicted octanol–water partition coefficient (Wildman–Crippen LogP) is 3.60. The third-order valence-corrected chi connectivity index (χ3v) is 4.32. The molecule has 0 fully saturated rings. The second-order valence-electron chi connectivity index (χ2n) is 4.58. The first-order valence-electron chi connectivity index (χ1n) is 6.48. The van der Waals surface area contributed by atoms with E-state index in [1.165, 1.54) is 12.1 Å². The Morgan fingerprint density at radius 2 is 2.23 bits per heavy atom. The van der Waals surface area contributed by atoms with Gasteiger partial charge in [-0.3, -0.25) is 14.9 Å². The van der Waals surface area contributed by atoms with Crippen molar-refractivity contribution >= 4 is 40.2 Å². The highest BCUT2D eigenvalue weighted by Gasteiger charge is 2.14. The smallest absolute Gasteiger partial charge is 0.289 e. The summed E-state index contributed by atoms with van der Waals surface area (Å²) in [4.78, 5) is 23.2. The van der Waals surface area contributed by atoms with Gasteiger partial charge in [0.05, 0.1) is 17.5 Å². The first-order chi connectivity index (χ1) is 10.5. The number of anilines is 1. The summed E-state index contributed by atoms with van der Waals surface area (Å²) in [6.45, 7) is 1.92. The quantitative estimate of drug-likeness (QED) is 0.622. The van der Waals surface area contributed by atoms with Gasteiger partial charge < -0.3 is 10.6 Å². The molecule has 2 aromatic rings. The van der Waals surface area contributed by atoms with E-state index in [1.807, 2.05) is 24.4 Å². The fraction of sp³-hybridized carbons (Fsp3) is 0.214. The topological polar surface area (TPSA) is 84.3 Å². The lowest BCUT2D eigenvalue weighted by Gasteiger charge is -2.13. The van der Waals surface area contributed by atoms with Gasteiger partial charge >= 0.3 is 0 Å². The van der Waals surface area contributed by atoms with Crippen LogP contribution in [0.3, 0.4) is 0 Å². The number of hydrogen-bond acceptors (Lipinski definition) is 5. The first-order valence-corrected chi connectivity index (χ1v) is 7.73. The van der Waals surface area contributed by atoms with Gasteiger partial charge in [0.15, 0.2) is 0 Å². The van der Waals surface area contributed by atoms with E-state index in [4.69, 9.17) is 11.6 Å². The van der Waals surface area contributed by atoms with Crippen LogP contribution in [0, 0.1) is 10.1 Å². The van der Waals surface area contributed by atoms with E-state index in [1.54, 1.807) is 17.4 Å². The zero-order valence-corrected chi connectivity index (χ0v) is 13.3. The molecule has 2 N–H and O–H groups in total. The monoisotopic (exact) mass is 339 g/mol. The molecule has 0 aliphatic carbocycles. The largest absolute Gasteiger partial charge is 0.376 e. The van der Waals surface area contributed by atoms with Crippen molar-refractivity contribution < 1.29 is 9.72 Å². The van der Waals surface area contributed by atoms with Crippen LogP contribution in [0.15, 0.2) is 35.7 Å². The Morgan fingerprint density at radius 1 is 1.45 bits per heavy atom. The lowest BCUT2D eigenvalue weighted by molar-refractivity contribution is -0.384. The molecule has 1 aromatic heterocycles. The Kier molecular flexibility index (Phi) is 5.35. The summed E-state index contributed by atoms with van der Waals surface area (Å²) in [5.41, 5.74) is 0.272. The van der Waals surface area contributed by atoms with E-state index >= 15 is 0 Å². The number of thiophene rings is 1. The fourth-order valence-electron chi connectivity index (χ4n) is 1.85. The van der Waals surface area contributed by atoms with Crippen molar-refractivity contribution in [2.24, 2.45) is 0 Å². The Morgan fingerprint density at radius 3 is 2.86 bits per heavy atom. The van der Waals surface area contributed by atoms with Gasteiger partial charge in [-0.2, -0.15) is 0 Å². The summed E-state index contributed by atoms with van der Waals surface area (Å²) in [6, 6.07) is 8.12. The van der Waals surface area contributed by atoms with E-state index in [9.17, 15) is 14.9 Å². The van der Waals surface area contributed by atoms with Gasteiger partial charge in [-0.1, -0.05) is 17.7 Å². The molecule has 0 aliphatic rings. The number of hydrogen-bond donors (Lipinski definition) is 2. The Bertz CT molecular complexity index is 676. The van der Waals surface area contributed by atoms with Gasteiger partial charge in [-0.15, -0.1) is 11.3 Å². The van der Waals surface area contributed by atoms with Crippen molar-refractivity contribution in [2.75, 3.05) is 11.9 Å². The van der Waals surface area contributed by atoms with Gasteiger partial charge in [-0.25, -0.2) is 0 Å². The second kappa shape index (κ2) is 7.24. The van der Waals surface area contributed by atoms with E-state index in [2.05, 4.69) is 10.6 Å². The maximum Gasteiger partial charge on any atom is 0.289 e. The molecule has 0 bridgehead atoms. The van der Waals surface area contributed by atoms with Crippen LogP contribution in [0.1, 0.15) is 17.8 Å². The molecule has 0 spiro atoms. The standard InChI is InChI=1S/C14H14ClN3O3S/c1-9(13-3-2-6-22-13)17-14(19)8-16-10-4-5-11(15)12(7-10)18(20)21/h2-7,9,16H,8H2,1H3,(H,17,19). The molecule has 1 aromatic carbocycles. The highest BCUT2D eigenvalue weighted by Crippen LogP contribution is 2.27. The second-order valence-corrected chi connectivity index (χ2v) is 5.97. The minimum Gasteiger partial charge on any atom is -0.376 e. The molecule has 0 radical (unpaired) electrons. The third-order valence-electron chi connectivity index (χ3n) is 2.94. The van der Waals surface area contributed by atoms with Gasteiger partial charge in [0.2, 0.25) is 5.91 Å². The molecule has 8 heteroatoms. The summed E-state index contributed by atoms with van der Waals surface area (Å²) < 4.78 is 0. The molecule has 6 nitrogen and oxygen atoms in total. The van der Waals surface area contributed by atoms with Crippen LogP contribution >= 0.6 is 22.9 Å². The molecular weight excluding hydrogens is 326 g/mol. The van der Waals surface area contributed by atoms with E-state index in [0.717, 1.165) is 4.88 Å². The number of nitrogens with zero attached hydrogens (tertiary/aromatic N) is 1. The van der Waals surface area contributed by atoms with Crippen LogP contribution < -0.4 is 10.6 Å². The minimum atomic E-state index is -0.563. The SMILES string of the molecule is CC(NC(=O)CNc1ccc(Cl)c([N+](=O)[O-])c1)c1cccs1. The van der Waals surface area contributed by atoms with Crippen LogP contribution in [0.4, 0.5) is 11.4 Å². The lowest BCUT2D eigenvalue weighted by atomic mass is 10.2. The molecule has 1 atom stereocenters. The molecule has 1 amide bonds. The van der Waals surface area contributed by atoms with Crippen molar-refractivity contribution in [3.05, 3.63) is 55.7 Å². The number of nitro groups is 1. The van der Waals surface area contributed by atoms with Crippen molar-refractivity contribution in [3.63, 3.8) is 0 Å². The molecule has 116 valence electrons. The van der Waals surface area contributed by atoms with E-state index in [-0.39, 0.29) is 29.2 Å². The number of nitro benzene ring substituents is 1. The summed E-state index contributed by atoms with van der Waals surface area (Å²) in [5, 5.41) is 18.5. The van der Waals surface area contributed by atoms with Crippen molar-refractivity contribution in [2.45, 2.75) is 13.0 Å². The number of carbonyl (C=O) groups is 1. The van der Waals surface area contributed by atoms with Crippen molar-refractivity contribution in [1.82, 2.24) is 5.32 Å². The van der Waals surface area contributed by atoms with Crippen LogP contribution in [-0.4, -0.2) is 17.4 Å². The van der Waals surface area contributed by atoms with Gasteiger partial charge in [0.1, 0.15) is 5.02 Å². The number of nitrogens with one attached hydrogen (secondary N) is 2. The number of carbonyl (C=O) groups excluding carboxylic acids is 1. The lowest BCUT2D eigenvalue weighted by Crippen LogP contribution is -2.31. The average molecular weight is 340 g/mol. The summed E-state index contributed by atoms with van der Waals surface area (Å²) in [7, 11) is 0. The number of amides is 1. The van der Waals surface area contributed by atoms with E-state index < -0.39 is 4.92 Å². The van der Waals surface area contributed by atoms with Crippen LogP contribution in [0.5, 0.6) is 0 Å². The molecule has 0 aliphatic heterocycles. The fourth-order valence-corrected chi connectivity index (χ4v) is 2.77. The predicted molar refractivity (Wildman–Crippen MR) is 87.5 cm³/mol. The Balaban J connectivity index is 1.91. The van der Waals surface area contributed by atoms with Gasteiger partial charge in [-0.05, 0) is 30.5 Å². The summed E-state index contributed by atoms with van der Waals surface area (Å²) in [5.74, 6) is -0.196. The van der Waals surface area contributed by atoms with Crippen molar-refractivity contribution in [1.29, 1.82) is 0 Å². The molecular formula is C14H14ClN3O3S.